The smallest absolute Gasteiger partial charge is 0.339 e. The van der Waals surface area contributed by atoms with Crippen LogP contribution in [0.3, 0.4) is 0 Å². The van der Waals surface area contributed by atoms with E-state index in [0.717, 1.165) is 32.1 Å². The monoisotopic (exact) mass is 253 g/mol. The van der Waals surface area contributed by atoms with Gasteiger partial charge in [-0.05, 0) is 18.9 Å². The highest BCUT2D eigenvalue weighted by atomic mass is 16.4. The van der Waals surface area contributed by atoms with Crippen LogP contribution in [-0.2, 0) is 6.54 Å². The Balaban J connectivity index is 1.93. The SMILES string of the molecule is O=C(O)c1ccoc1CNC1CCCCCC1O. The van der Waals surface area contributed by atoms with Crippen molar-refractivity contribution in [1.82, 2.24) is 5.32 Å². The number of aliphatic hydroxyl groups is 1. The Morgan fingerprint density at radius 3 is 2.94 bits per heavy atom. The fourth-order valence-electron chi connectivity index (χ4n) is 2.42. The van der Waals surface area contributed by atoms with E-state index in [2.05, 4.69) is 5.32 Å². The van der Waals surface area contributed by atoms with Gasteiger partial charge in [0, 0.05) is 6.04 Å². The number of nitrogens with one attached hydrogen (secondary N) is 1. The second-order valence-corrected chi connectivity index (χ2v) is 4.76. The highest BCUT2D eigenvalue weighted by molar-refractivity contribution is 5.88. The van der Waals surface area contributed by atoms with Gasteiger partial charge >= 0.3 is 5.97 Å². The predicted octanol–water partition coefficient (Wildman–Crippen LogP) is 1.76. The van der Waals surface area contributed by atoms with Crippen LogP contribution in [0.1, 0.15) is 48.2 Å². The first-order valence-corrected chi connectivity index (χ1v) is 6.39. The van der Waals surface area contributed by atoms with Gasteiger partial charge in [0.15, 0.2) is 0 Å². The van der Waals surface area contributed by atoms with Gasteiger partial charge < -0.3 is 19.9 Å². The van der Waals surface area contributed by atoms with Crippen LogP contribution in [0.25, 0.3) is 0 Å². The quantitative estimate of drug-likeness (QED) is 0.712. The molecule has 0 spiro atoms. The zero-order chi connectivity index (χ0) is 13.0. The summed E-state index contributed by atoms with van der Waals surface area (Å²) in [5, 5.41) is 22.1. The van der Waals surface area contributed by atoms with Crippen LogP contribution < -0.4 is 5.32 Å². The summed E-state index contributed by atoms with van der Waals surface area (Å²) in [4.78, 5) is 10.9. The minimum Gasteiger partial charge on any atom is -0.478 e. The van der Waals surface area contributed by atoms with Crippen molar-refractivity contribution in [3.63, 3.8) is 0 Å². The highest BCUT2D eigenvalue weighted by Gasteiger charge is 2.22. The molecule has 0 amide bonds. The Kier molecular flexibility index (Phi) is 4.38. The number of carboxylic acid groups (broad SMARTS) is 1. The van der Waals surface area contributed by atoms with E-state index in [4.69, 9.17) is 9.52 Å². The molecule has 0 saturated heterocycles. The maximum Gasteiger partial charge on any atom is 0.339 e. The van der Waals surface area contributed by atoms with E-state index in [-0.39, 0.29) is 17.7 Å². The minimum atomic E-state index is -0.984. The van der Waals surface area contributed by atoms with Crippen molar-refractivity contribution in [1.29, 1.82) is 0 Å². The molecule has 0 aliphatic heterocycles. The minimum absolute atomic E-state index is 0.0271. The van der Waals surface area contributed by atoms with Crippen molar-refractivity contribution in [3.05, 3.63) is 23.7 Å². The number of carbonyl (C=O) groups is 1. The molecule has 0 bridgehead atoms. The highest BCUT2D eigenvalue weighted by Crippen LogP contribution is 2.19. The number of carboxylic acids is 1. The average Bonchev–Trinajstić information content (AvgIpc) is 2.71. The molecule has 18 heavy (non-hydrogen) atoms. The zero-order valence-electron chi connectivity index (χ0n) is 10.3. The van der Waals surface area contributed by atoms with E-state index in [0.29, 0.717) is 12.3 Å². The van der Waals surface area contributed by atoms with Crippen molar-refractivity contribution in [2.75, 3.05) is 0 Å². The van der Waals surface area contributed by atoms with Crippen LogP contribution in [0.5, 0.6) is 0 Å². The lowest BCUT2D eigenvalue weighted by atomic mass is 10.1. The van der Waals surface area contributed by atoms with Crippen molar-refractivity contribution in [3.8, 4) is 0 Å². The Hall–Kier alpha value is -1.33. The van der Waals surface area contributed by atoms with E-state index >= 15 is 0 Å². The fraction of sp³-hybridized carbons (Fsp3) is 0.615. The predicted molar refractivity (Wildman–Crippen MR) is 65.4 cm³/mol. The molecule has 1 aliphatic carbocycles. The van der Waals surface area contributed by atoms with Gasteiger partial charge in [-0.2, -0.15) is 0 Å². The van der Waals surface area contributed by atoms with Crippen LogP contribution in [0.4, 0.5) is 0 Å². The van der Waals surface area contributed by atoms with Gasteiger partial charge in [-0.25, -0.2) is 4.79 Å². The Bertz CT molecular complexity index is 401. The van der Waals surface area contributed by atoms with E-state index in [1.165, 1.54) is 12.3 Å². The van der Waals surface area contributed by atoms with E-state index in [9.17, 15) is 9.90 Å². The number of hydrogen-bond donors (Lipinski definition) is 3. The molecule has 1 saturated carbocycles. The average molecular weight is 253 g/mol. The largest absolute Gasteiger partial charge is 0.478 e. The van der Waals surface area contributed by atoms with Crippen LogP contribution in [0, 0.1) is 0 Å². The van der Waals surface area contributed by atoms with Gasteiger partial charge in [0.2, 0.25) is 0 Å². The van der Waals surface area contributed by atoms with Gasteiger partial charge in [0.05, 0.1) is 18.9 Å². The molecule has 2 unspecified atom stereocenters. The maximum absolute atomic E-state index is 10.9. The lowest BCUT2D eigenvalue weighted by molar-refractivity contribution is 0.0693. The van der Waals surface area contributed by atoms with Crippen LogP contribution in [-0.4, -0.2) is 28.3 Å². The topological polar surface area (TPSA) is 82.7 Å². The van der Waals surface area contributed by atoms with E-state index in [1.807, 2.05) is 0 Å². The molecular formula is C13H19NO4. The summed E-state index contributed by atoms with van der Waals surface area (Å²) >= 11 is 0. The van der Waals surface area contributed by atoms with Crippen molar-refractivity contribution in [2.45, 2.75) is 50.8 Å². The number of aromatic carboxylic acids is 1. The first kappa shape index (κ1) is 13.1. The Morgan fingerprint density at radius 1 is 1.39 bits per heavy atom. The summed E-state index contributed by atoms with van der Waals surface area (Å²) in [5.74, 6) is -0.569. The standard InChI is InChI=1S/C13H19NO4/c15-11-5-3-1-2-4-10(11)14-8-12-9(13(16)17)6-7-18-12/h6-7,10-11,14-15H,1-5,8H2,(H,16,17). The molecule has 2 rings (SSSR count). The fourth-order valence-corrected chi connectivity index (χ4v) is 2.42. The van der Waals surface area contributed by atoms with Gasteiger partial charge in [0.1, 0.15) is 11.3 Å². The molecule has 1 fully saturated rings. The van der Waals surface area contributed by atoms with Crippen LogP contribution >= 0.6 is 0 Å². The molecule has 1 aliphatic rings. The molecule has 100 valence electrons. The molecule has 1 aromatic heterocycles. The number of hydrogen-bond acceptors (Lipinski definition) is 4. The molecule has 5 heteroatoms. The number of furan rings is 1. The molecule has 1 aromatic rings. The third kappa shape index (κ3) is 3.11. The molecule has 1 heterocycles. The lowest BCUT2D eigenvalue weighted by Gasteiger charge is -2.21. The lowest BCUT2D eigenvalue weighted by Crippen LogP contribution is -2.38. The Morgan fingerprint density at radius 2 is 2.17 bits per heavy atom. The van der Waals surface area contributed by atoms with Crippen LogP contribution in [0.2, 0.25) is 0 Å². The molecule has 3 N–H and O–H groups in total. The summed E-state index contributed by atoms with van der Waals surface area (Å²) in [6.07, 6.45) is 6.06. The van der Waals surface area contributed by atoms with Gasteiger partial charge in [0.25, 0.3) is 0 Å². The van der Waals surface area contributed by atoms with Gasteiger partial charge in [-0.15, -0.1) is 0 Å². The Labute approximate surface area is 106 Å². The first-order chi connectivity index (χ1) is 8.68. The second kappa shape index (κ2) is 6.02. The van der Waals surface area contributed by atoms with Crippen molar-refractivity contribution >= 4 is 5.97 Å². The molecular weight excluding hydrogens is 234 g/mol. The second-order valence-electron chi connectivity index (χ2n) is 4.76. The number of aliphatic hydroxyl groups excluding tert-OH is 1. The summed E-state index contributed by atoms with van der Waals surface area (Å²) in [7, 11) is 0. The normalized spacial score (nSPS) is 24.7. The molecule has 2 atom stereocenters. The maximum atomic E-state index is 10.9. The third-order valence-electron chi connectivity index (χ3n) is 3.48. The molecule has 0 aromatic carbocycles. The van der Waals surface area contributed by atoms with Gasteiger partial charge in [-0.1, -0.05) is 19.3 Å². The summed E-state index contributed by atoms with van der Waals surface area (Å²) in [5.41, 5.74) is 0.186. The van der Waals surface area contributed by atoms with Gasteiger partial charge in [-0.3, -0.25) is 0 Å². The summed E-state index contributed by atoms with van der Waals surface area (Å²) in [6.45, 7) is 0.344. The van der Waals surface area contributed by atoms with Crippen LogP contribution in [0.15, 0.2) is 16.7 Å². The summed E-state index contributed by atoms with van der Waals surface area (Å²) < 4.78 is 5.16. The van der Waals surface area contributed by atoms with Crippen molar-refractivity contribution in [2.24, 2.45) is 0 Å². The van der Waals surface area contributed by atoms with E-state index < -0.39 is 5.97 Å². The first-order valence-electron chi connectivity index (χ1n) is 6.39. The summed E-state index contributed by atoms with van der Waals surface area (Å²) in [6, 6.07) is 1.47. The van der Waals surface area contributed by atoms with E-state index in [1.54, 1.807) is 0 Å². The zero-order valence-corrected chi connectivity index (χ0v) is 10.3. The third-order valence-corrected chi connectivity index (χ3v) is 3.48. The molecule has 0 radical (unpaired) electrons. The molecule has 5 nitrogen and oxygen atoms in total. The number of rotatable bonds is 4. The van der Waals surface area contributed by atoms with Crippen molar-refractivity contribution < 1.29 is 19.4 Å².